The molecule has 1 saturated heterocycles. The van der Waals surface area contributed by atoms with Gasteiger partial charge in [-0.25, -0.2) is 9.78 Å². The summed E-state index contributed by atoms with van der Waals surface area (Å²) in [5.41, 5.74) is 1.64. The van der Waals surface area contributed by atoms with E-state index in [-0.39, 0.29) is 5.97 Å². The van der Waals surface area contributed by atoms with Gasteiger partial charge in [-0.2, -0.15) is 0 Å². The Hall–Kier alpha value is -2.32. The maximum absolute atomic E-state index is 11.8. The summed E-state index contributed by atoms with van der Waals surface area (Å²) < 4.78 is 16.8. The summed E-state index contributed by atoms with van der Waals surface area (Å²) >= 11 is 3.65. The van der Waals surface area contributed by atoms with Crippen LogP contribution in [0, 0.1) is 0 Å². The van der Waals surface area contributed by atoms with E-state index in [2.05, 4.69) is 36.8 Å². The van der Waals surface area contributed by atoms with E-state index < -0.39 is 0 Å². The number of rotatable bonds is 7. The lowest BCUT2D eigenvalue weighted by Gasteiger charge is -2.35. The summed E-state index contributed by atoms with van der Waals surface area (Å²) in [4.78, 5) is 20.8. The molecule has 1 aliphatic rings. The minimum atomic E-state index is -0.336. The van der Waals surface area contributed by atoms with E-state index in [9.17, 15) is 4.79 Å². The number of piperazine rings is 1. The molecule has 3 rings (SSSR count). The summed E-state index contributed by atoms with van der Waals surface area (Å²) in [5, 5.41) is 0. The number of hydrogen-bond acceptors (Lipinski definition) is 7. The molecule has 8 heteroatoms. The highest BCUT2D eigenvalue weighted by Crippen LogP contribution is 2.38. The highest BCUT2D eigenvalue weighted by Gasteiger charge is 2.21. The number of benzene rings is 1. The Balaban J connectivity index is 1.59. The van der Waals surface area contributed by atoms with Crippen molar-refractivity contribution in [1.82, 2.24) is 9.88 Å². The molecule has 0 unspecified atom stereocenters. The van der Waals surface area contributed by atoms with Gasteiger partial charge in [0, 0.05) is 38.9 Å². The first-order chi connectivity index (χ1) is 14.1. The van der Waals surface area contributed by atoms with Gasteiger partial charge >= 0.3 is 5.97 Å². The predicted molar refractivity (Wildman–Crippen MR) is 115 cm³/mol. The molecule has 0 N–H and O–H groups in total. The number of methoxy groups -OCH3 is 2. The summed E-state index contributed by atoms with van der Waals surface area (Å²) in [6.45, 7) is 6.56. The van der Waals surface area contributed by atoms with Gasteiger partial charge in [-0.1, -0.05) is 6.07 Å². The predicted octanol–water partition coefficient (Wildman–Crippen LogP) is 3.36. The zero-order chi connectivity index (χ0) is 20.8. The molecule has 0 atom stereocenters. The molecule has 29 heavy (non-hydrogen) atoms. The lowest BCUT2D eigenvalue weighted by atomic mass is 10.1. The zero-order valence-corrected chi connectivity index (χ0v) is 18.6. The molecule has 7 nitrogen and oxygen atoms in total. The maximum Gasteiger partial charge on any atom is 0.339 e. The number of anilines is 1. The van der Waals surface area contributed by atoms with Gasteiger partial charge in [-0.05, 0) is 46.6 Å². The Morgan fingerprint density at radius 1 is 1.10 bits per heavy atom. The van der Waals surface area contributed by atoms with Crippen molar-refractivity contribution in [2.45, 2.75) is 13.5 Å². The number of carbonyl (C=O) groups excluding carboxylic acids is 1. The van der Waals surface area contributed by atoms with E-state index >= 15 is 0 Å². The van der Waals surface area contributed by atoms with Crippen LogP contribution in [0.2, 0.25) is 0 Å². The van der Waals surface area contributed by atoms with Gasteiger partial charge in [0.25, 0.3) is 0 Å². The van der Waals surface area contributed by atoms with E-state index in [0.29, 0.717) is 17.9 Å². The third kappa shape index (κ3) is 5.00. The molecule has 1 aliphatic heterocycles. The third-order valence-corrected chi connectivity index (χ3v) is 5.78. The number of hydrogen-bond donors (Lipinski definition) is 0. The van der Waals surface area contributed by atoms with Crippen molar-refractivity contribution >= 4 is 27.7 Å². The number of esters is 1. The van der Waals surface area contributed by atoms with Crippen molar-refractivity contribution in [2.75, 3.05) is 51.9 Å². The molecule has 156 valence electrons. The molecule has 0 aliphatic carbocycles. The average molecular weight is 464 g/mol. The van der Waals surface area contributed by atoms with E-state index in [1.165, 1.54) is 0 Å². The first-order valence-corrected chi connectivity index (χ1v) is 10.4. The van der Waals surface area contributed by atoms with Gasteiger partial charge in [0.15, 0.2) is 11.5 Å². The molecule has 1 fully saturated rings. The molecule has 0 radical (unpaired) electrons. The fourth-order valence-corrected chi connectivity index (χ4v) is 3.95. The third-order valence-electron chi connectivity index (χ3n) is 4.91. The lowest BCUT2D eigenvalue weighted by molar-refractivity contribution is 0.0526. The van der Waals surface area contributed by atoms with Gasteiger partial charge in [0.2, 0.25) is 0 Å². The maximum atomic E-state index is 11.8. The Labute approximate surface area is 179 Å². The van der Waals surface area contributed by atoms with Crippen LogP contribution in [0.5, 0.6) is 11.5 Å². The first kappa shape index (κ1) is 21.4. The van der Waals surface area contributed by atoms with Crippen LogP contribution >= 0.6 is 15.9 Å². The van der Waals surface area contributed by atoms with Gasteiger partial charge in [0.05, 0.1) is 30.9 Å². The van der Waals surface area contributed by atoms with E-state index in [1.54, 1.807) is 33.4 Å². The molecule has 0 spiro atoms. The fourth-order valence-electron chi connectivity index (χ4n) is 3.34. The van der Waals surface area contributed by atoms with Crippen LogP contribution in [-0.2, 0) is 11.3 Å². The Kier molecular flexibility index (Phi) is 7.33. The normalized spacial score (nSPS) is 14.6. The van der Waals surface area contributed by atoms with Crippen LogP contribution < -0.4 is 14.4 Å². The SMILES string of the molecule is CCOC(=O)c1ccc(N2CCN(Cc3ccc(OC)c(OC)c3Br)CC2)nc1. The number of ether oxygens (including phenoxy) is 3. The van der Waals surface area contributed by atoms with Gasteiger partial charge in [-0.15, -0.1) is 0 Å². The topological polar surface area (TPSA) is 64.1 Å². The van der Waals surface area contributed by atoms with Gasteiger partial charge in [0.1, 0.15) is 5.82 Å². The molecule has 0 bridgehead atoms. The van der Waals surface area contributed by atoms with E-state index in [0.717, 1.165) is 54.3 Å². The second kappa shape index (κ2) is 9.93. The van der Waals surface area contributed by atoms with Crippen molar-refractivity contribution in [3.8, 4) is 11.5 Å². The number of carbonyl (C=O) groups is 1. The monoisotopic (exact) mass is 463 g/mol. The largest absolute Gasteiger partial charge is 0.493 e. The van der Waals surface area contributed by atoms with Gasteiger partial charge < -0.3 is 19.1 Å². The second-order valence-electron chi connectivity index (χ2n) is 6.66. The molecule has 1 aromatic carbocycles. The molecule has 1 aromatic heterocycles. The number of halogens is 1. The van der Waals surface area contributed by atoms with Crippen molar-refractivity contribution in [3.63, 3.8) is 0 Å². The lowest BCUT2D eigenvalue weighted by Crippen LogP contribution is -2.46. The molecular formula is C21H26BrN3O4. The zero-order valence-electron chi connectivity index (χ0n) is 17.0. The molecular weight excluding hydrogens is 438 g/mol. The molecule has 2 heterocycles. The standard InChI is InChI=1S/C21H26BrN3O4/c1-4-29-21(26)15-6-8-18(23-13-15)25-11-9-24(10-12-25)14-16-5-7-17(27-2)20(28-3)19(16)22/h5-8,13H,4,9-12,14H2,1-3H3. The minimum Gasteiger partial charge on any atom is -0.493 e. The van der Waals surface area contributed by atoms with Crippen molar-refractivity contribution in [1.29, 1.82) is 0 Å². The summed E-state index contributed by atoms with van der Waals surface area (Å²) in [5.74, 6) is 1.97. The summed E-state index contributed by atoms with van der Waals surface area (Å²) in [7, 11) is 3.28. The van der Waals surface area contributed by atoms with Crippen molar-refractivity contribution in [2.24, 2.45) is 0 Å². The van der Waals surface area contributed by atoms with Gasteiger partial charge in [-0.3, -0.25) is 4.90 Å². The van der Waals surface area contributed by atoms with Crippen LogP contribution in [0.25, 0.3) is 0 Å². The highest BCUT2D eigenvalue weighted by atomic mass is 79.9. The highest BCUT2D eigenvalue weighted by molar-refractivity contribution is 9.10. The van der Waals surface area contributed by atoms with E-state index in [1.807, 2.05) is 12.1 Å². The quantitative estimate of drug-likeness (QED) is 0.583. The smallest absolute Gasteiger partial charge is 0.339 e. The van der Waals surface area contributed by atoms with E-state index in [4.69, 9.17) is 14.2 Å². The van der Waals surface area contributed by atoms with Crippen LogP contribution in [0.1, 0.15) is 22.8 Å². The number of aromatic nitrogens is 1. The fraction of sp³-hybridized carbons (Fsp3) is 0.429. The number of pyridine rings is 1. The molecule has 0 amide bonds. The van der Waals surface area contributed by atoms with Crippen LogP contribution in [0.4, 0.5) is 5.82 Å². The summed E-state index contributed by atoms with van der Waals surface area (Å²) in [6.07, 6.45) is 1.58. The molecule has 2 aromatic rings. The van der Waals surface area contributed by atoms with Crippen molar-refractivity contribution < 1.29 is 19.0 Å². The van der Waals surface area contributed by atoms with Crippen LogP contribution in [0.15, 0.2) is 34.9 Å². The average Bonchev–Trinajstić information content (AvgIpc) is 2.76. The Morgan fingerprint density at radius 3 is 2.45 bits per heavy atom. The Morgan fingerprint density at radius 2 is 1.86 bits per heavy atom. The second-order valence-corrected chi connectivity index (χ2v) is 7.46. The van der Waals surface area contributed by atoms with Crippen LogP contribution in [0.3, 0.4) is 0 Å². The minimum absolute atomic E-state index is 0.336. The number of nitrogens with zero attached hydrogens (tertiary/aromatic N) is 3. The molecule has 0 saturated carbocycles. The Bertz CT molecular complexity index is 837. The first-order valence-electron chi connectivity index (χ1n) is 9.57. The summed E-state index contributed by atoms with van der Waals surface area (Å²) in [6, 6.07) is 7.65. The van der Waals surface area contributed by atoms with Crippen LogP contribution in [-0.4, -0.2) is 62.9 Å². The van der Waals surface area contributed by atoms with Crippen molar-refractivity contribution in [3.05, 3.63) is 46.1 Å².